The zero-order valence-corrected chi connectivity index (χ0v) is 22.3. The Bertz CT molecular complexity index is 1280. The summed E-state index contributed by atoms with van der Waals surface area (Å²) in [5, 5.41) is 11.8. The summed E-state index contributed by atoms with van der Waals surface area (Å²) in [6.07, 6.45) is -5.70. The topological polar surface area (TPSA) is 89.8 Å². The van der Waals surface area contributed by atoms with Crippen LogP contribution in [0.5, 0.6) is 0 Å². The van der Waals surface area contributed by atoms with E-state index in [2.05, 4.69) is 15.9 Å². The number of halogens is 6. The van der Waals surface area contributed by atoms with Gasteiger partial charge in [0.25, 0.3) is 5.69 Å². The van der Waals surface area contributed by atoms with E-state index < -0.39 is 35.0 Å². The average molecular weight is 623 g/mol. The van der Waals surface area contributed by atoms with Gasteiger partial charge in [-0.05, 0) is 42.3 Å². The van der Waals surface area contributed by atoms with Crippen LogP contribution in [-0.4, -0.2) is 37.0 Å². The van der Waals surface area contributed by atoms with Crippen molar-refractivity contribution < 1.29 is 41.2 Å². The number of nitrogens with zero attached hydrogens (tertiary/aromatic N) is 2. The molecular formula is C24H20BrF5N2O5S. The lowest BCUT2D eigenvalue weighted by atomic mass is 10.1. The monoisotopic (exact) mass is 622 g/mol. The molecule has 0 aliphatic rings. The van der Waals surface area contributed by atoms with Gasteiger partial charge >= 0.3 is 12.1 Å². The highest BCUT2D eigenvalue weighted by atomic mass is 79.9. The van der Waals surface area contributed by atoms with Crippen molar-refractivity contribution in [2.24, 2.45) is 0 Å². The molecule has 1 heterocycles. The minimum atomic E-state index is -4.64. The first-order valence-corrected chi connectivity index (χ1v) is 12.6. The number of ether oxygens (including phenoxy) is 1. The molecule has 0 aliphatic heterocycles. The largest absolute Gasteiger partial charge is 0.462 e. The van der Waals surface area contributed by atoms with E-state index >= 15 is 0 Å². The first-order valence-electron chi connectivity index (χ1n) is 10.6. The number of nitro benzene ring substituents is 1. The highest BCUT2D eigenvalue weighted by molar-refractivity contribution is 9.08. The molecule has 0 unspecified atom stereocenters. The molecule has 204 valence electrons. The van der Waals surface area contributed by atoms with Crippen molar-refractivity contribution in [2.45, 2.75) is 25.0 Å². The fraction of sp³-hybridized carbons (Fsp3) is 0.250. The fourth-order valence-corrected chi connectivity index (χ4v) is 5.24. The number of alkyl halides is 4. The van der Waals surface area contributed by atoms with Crippen LogP contribution in [0.3, 0.4) is 0 Å². The Morgan fingerprint density at radius 2 is 1.68 bits per heavy atom. The molecule has 1 aromatic heterocycles. The molecule has 0 fully saturated rings. The Morgan fingerprint density at radius 3 is 2.13 bits per heavy atom. The molecule has 0 aliphatic carbocycles. The number of aldehydes is 1. The number of carbonyl (C=O) groups is 2. The van der Waals surface area contributed by atoms with Gasteiger partial charge in [-0.15, -0.1) is 11.3 Å². The maximum absolute atomic E-state index is 14.2. The molecule has 38 heavy (non-hydrogen) atoms. The van der Waals surface area contributed by atoms with E-state index in [0.29, 0.717) is 31.9 Å². The standard InChI is InChI=1S/C22H19BrF2N2O4S.C2HF3O/c1-3-31-22(28)19-15(11-23)20(13-7-9-14(10-8-13)27(29)30)32-21(19)26(2)12-16-17(24)5-4-6-18(16)25;3-2(4,5)1-6/h4-10H,3,11-12H2,1-2H3;1H. The smallest absolute Gasteiger partial charge is 0.446 e. The lowest BCUT2D eigenvalue weighted by molar-refractivity contribution is -0.384. The molecule has 3 aromatic rings. The molecule has 0 N–H and O–H groups in total. The average Bonchev–Trinajstić information content (AvgIpc) is 3.26. The number of benzene rings is 2. The Kier molecular flexibility index (Phi) is 10.9. The molecule has 14 heteroatoms. The number of carbonyl (C=O) groups excluding carboxylic acids is 2. The summed E-state index contributed by atoms with van der Waals surface area (Å²) in [5.74, 6) is -1.91. The summed E-state index contributed by atoms with van der Waals surface area (Å²) in [6.45, 7) is 1.74. The number of hydrogen-bond acceptors (Lipinski definition) is 7. The summed E-state index contributed by atoms with van der Waals surface area (Å²) in [4.78, 5) is 34.3. The third kappa shape index (κ3) is 7.81. The van der Waals surface area contributed by atoms with E-state index in [1.165, 1.54) is 41.7 Å². The van der Waals surface area contributed by atoms with Gasteiger partial charge in [0.15, 0.2) is 0 Å². The number of thiophene rings is 1. The third-order valence-electron chi connectivity index (χ3n) is 4.88. The van der Waals surface area contributed by atoms with Crippen molar-refractivity contribution in [1.82, 2.24) is 0 Å². The predicted molar refractivity (Wildman–Crippen MR) is 136 cm³/mol. The maximum Gasteiger partial charge on any atom is 0.446 e. The van der Waals surface area contributed by atoms with Crippen LogP contribution in [0.4, 0.5) is 32.6 Å². The number of hydrogen-bond donors (Lipinski definition) is 0. The van der Waals surface area contributed by atoms with Gasteiger partial charge in [-0.25, -0.2) is 13.6 Å². The van der Waals surface area contributed by atoms with Crippen molar-refractivity contribution in [3.8, 4) is 10.4 Å². The van der Waals surface area contributed by atoms with Gasteiger partial charge in [-0.1, -0.05) is 22.0 Å². The van der Waals surface area contributed by atoms with Crippen LogP contribution in [0, 0.1) is 21.7 Å². The predicted octanol–water partition coefficient (Wildman–Crippen LogP) is 7.06. The maximum atomic E-state index is 14.2. The highest BCUT2D eigenvalue weighted by Crippen LogP contribution is 2.44. The van der Waals surface area contributed by atoms with E-state index in [0.717, 1.165) is 0 Å². The lowest BCUT2D eigenvalue weighted by Crippen LogP contribution is -2.20. The Hall–Kier alpha value is -3.39. The second-order valence-corrected chi connectivity index (χ2v) is 9.02. The Morgan fingerprint density at radius 1 is 1.13 bits per heavy atom. The van der Waals surface area contributed by atoms with Crippen LogP contribution in [0.1, 0.15) is 28.4 Å². The van der Waals surface area contributed by atoms with Crippen molar-refractivity contribution >= 4 is 50.2 Å². The summed E-state index contributed by atoms with van der Waals surface area (Å²) in [6, 6.07) is 9.62. The summed E-state index contributed by atoms with van der Waals surface area (Å²) in [5.41, 5.74) is 1.44. The molecule has 3 rings (SSSR count). The van der Waals surface area contributed by atoms with Crippen LogP contribution >= 0.6 is 27.3 Å². The van der Waals surface area contributed by atoms with Crippen molar-refractivity contribution in [3.05, 3.63) is 80.9 Å². The van der Waals surface area contributed by atoms with E-state index in [4.69, 9.17) is 9.53 Å². The highest BCUT2D eigenvalue weighted by Gasteiger charge is 2.28. The van der Waals surface area contributed by atoms with Crippen LogP contribution in [0.25, 0.3) is 10.4 Å². The minimum absolute atomic E-state index is 0.0521. The Balaban J connectivity index is 0.000000757. The molecule has 7 nitrogen and oxygen atoms in total. The van der Waals surface area contributed by atoms with Crippen molar-refractivity contribution in [3.63, 3.8) is 0 Å². The van der Waals surface area contributed by atoms with Crippen LogP contribution in [0.2, 0.25) is 0 Å². The van der Waals surface area contributed by atoms with Gasteiger partial charge in [0.2, 0.25) is 6.29 Å². The van der Waals surface area contributed by atoms with Crippen molar-refractivity contribution in [1.29, 1.82) is 0 Å². The molecule has 0 amide bonds. The van der Waals surface area contributed by atoms with E-state index in [-0.39, 0.29) is 24.4 Å². The molecule has 0 atom stereocenters. The van der Waals surface area contributed by atoms with Gasteiger partial charge in [0, 0.05) is 41.5 Å². The summed E-state index contributed by atoms with van der Waals surface area (Å²) >= 11 is 4.67. The van der Waals surface area contributed by atoms with Crippen LogP contribution in [-0.2, 0) is 21.4 Å². The van der Waals surface area contributed by atoms with Gasteiger partial charge in [-0.2, -0.15) is 13.2 Å². The quantitative estimate of drug-likeness (QED) is 0.0667. The zero-order valence-electron chi connectivity index (χ0n) is 19.9. The van der Waals surface area contributed by atoms with Crippen LogP contribution in [0.15, 0.2) is 42.5 Å². The lowest BCUT2D eigenvalue weighted by Gasteiger charge is -2.20. The van der Waals surface area contributed by atoms with Gasteiger partial charge in [0.1, 0.15) is 16.6 Å². The minimum Gasteiger partial charge on any atom is -0.462 e. The molecule has 0 saturated carbocycles. The number of nitro groups is 1. The Labute approximate surface area is 226 Å². The van der Waals surface area contributed by atoms with E-state index in [9.17, 15) is 36.9 Å². The van der Waals surface area contributed by atoms with Gasteiger partial charge < -0.3 is 9.64 Å². The molecule has 0 radical (unpaired) electrons. The number of esters is 1. The molecule has 2 aromatic carbocycles. The third-order valence-corrected chi connectivity index (χ3v) is 6.84. The normalized spacial score (nSPS) is 10.8. The molecule has 0 spiro atoms. The second-order valence-electron chi connectivity index (χ2n) is 7.46. The van der Waals surface area contributed by atoms with Crippen LogP contribution < -0.4 is 4.90 Å². The number of non-ortho nitro benzene ring substituents is 1. The molecular weight excluding hydrogens is 603 g/mol. The molecule has 0 saturated heterocycles. The first kappa shape index (κ1) is 30.8. The van der Waals surface area contributed by atoms with Gasteiger partial charge in [0.05, 0.1) is 17.1 Å². The number of anilines is 1. The number of rotatable bonds is 8. The molecule has 0 bridgehead atoms. The van der Waals surface area contributed by atoms with Crippen molar-refractivity contribution in [2.75, 3.05) is 18.6 Å². The fourth-order valence-electron chi connectivity index (χ4n) is 3.22. The van der Waals surface area contributed by atoms with E-state index in [1.807, 2.05) is 0 Å². The first-order chi connectivity index (χ1) is 17.8. The summed E-state index contributed by atoms with van der Waals surface area (Å²) in [7, 11) is 1.64. The SMILES string of the molecule is CCOC(=O)c1c(N(C)Cc2c(F)cccc2F)sc(-c2ccc([N+](=O)[O-])cc2)c1CBr.O=CC(F)(F)F. The van der Waals surface area contributed by atoms with E-state index in [1.54, 1.807) is 31.0 Å². The summed E-state index contributed by atoms with van der Waals surface area (Å²) < 4.78 is 64.9. The zero-order chi connectivity index (χ0) is 28.6. The second kappa shape index (κ2) is 13.4. The van der Waals surface area contributed by atoms with Gasteiger partial charge in [-0.3, -0.25) is 14.9 Å².